The molecule has 0 aromatic carbocycles. The fourth-order valence-electron chi connectivity index (χ4n) is 1.49. The summed E-state index contributed by atoms with van der Waals surface area (Å²) in [5.41, 5.74) is 0.374. The maximum atomic E-state index is 11.6. The summed E-state index contributed by atoms with van der Waals surface area (Å²) in [6.45, 7) is 1.80. The van der Waals surface area contributed by atoms with Crippen molar-refractivity contribution in [3.8, 4) is 0 Å². The van der Waals surface area contributed by atoms with Crippen LogP contribution in [0.15, 0.2) is 6.20 Å². The first-order valence-electron chi connectivity index (χ1n) is 4.63. The highest BCUT2D eigenvalue weighted by Gasteiger charge is 2.18. The second-order valence-electron chi connectivity index (χ2n) is 3.38. The molecule has 1 aliphatic heterocycles. The van der Waals surface area contributed by atoms with E-state index in [-0.39, 0.29) is 11.9 Å². The number of carbonyl (C=O) groups is 1. The quantitative estimate of drug-likeness (QED) is 0.629. The third kappa shape index (κ3) is 1.90. The molecule has 1 atom stereocenters. The van der Waals surface area contributed by atoms with Crippen LogP contribution in [0.5, 0.6) is 0 Å². The Hall–Kier alpha value is -1.43. The first-order chi connectivity index (χ1) is 6.75. The van der Waals surface area contributed by atoms with E-state index in [9.17, 15) is 4.79 Å². The summed E-state index contributed by atoms with van der Waals surface area (Å²) < 4.78 is 0. The summed E-state index contributed by atoms with van der Waals surface area (Å²) in [5, 5.41) is 13.8. The van der Waals surface area contributed by atoms with E-state index in [4.69, 9.17) is 0 Å². The van der Waals surface area contributed by atoms with Crippen LogP contribution in [0.2, 0.25) is 0 Å². The summed E-state index contributed by atoms with van der Waals surface area (Å²) in [5.74, 6) is -0.146. The van der Waals surface area contributed by atoms with E-state index in [1.54, 1.807) is 7.05 Å². The highest BCUT2D eigenvalue weighted by molar-refractivity contribution is 5.92. The van der Waals surface area contributed by atoms with Gasteiger partial charge in [-0.1, -0.05) is 0 Å². The third-order valence-corrected chi connectivity index (χ3v) is 2.23. The summed E-state index contributed by atoms with van der Waals surface area (Å²) in [4.78, 5) is 12.9. The number of nitrogens with zero attached hydrogens (tertiary/aromatic N) is 3. The Morgan fingerprint density at radius 3 is 3.21 bits per heavy atom. The van der Waals surface area contributed by atoms with Crippen molar-refractivity contribution in [3.63, 3.8) is 0 Å². The zero-order valence-corrected chi connectivity index (χ0v) is 8.03. The van der Waals surface area contributed by atoms with Gasteiger partial charge >= 0.3 is 0 Å². The molecular formula is C8H13N5O. The van der Waals surface area contributed by atoms with Gasteiger partial charge in [0, 0.05) is 19.6 Å². The van der Waals surface area contributed by atoms with Crippen LogP contribution in [0, 0.1) is 0 Å². The van der Waals surface area contributed by atoms with E-state index in [0.29, 0.717) is 5.69 Å². The number of rotatable bonds is 2. The van der Waals surface area contributed by atoms with Gasteiger partial charge in [0.2, 0.25) is 0 Å². The first kappa shape index (κ1) is 9.14. The minimum absolute atomic E-state index is 0.146. The van der Waals surface area contributed by atoms with Gasteiger partial charge in [0.1, 0.15) is 0 Å². The molecule has 2 rings (SSSR count). The zero-order chi connectivity index (χ0) is 9.97. The summed E-state index contributed by atoms with van der Waals surface area (Å²) >= 11 is 0. The lowest BCUT2D eigenvalue weighted by Crippen LogP contribution is -2.36. The van der Waals surface area contributed by atoms with E-state index < -0.39 is 0 Å². The second-order valence-corrected chi connectivity index (χ2v) is 3.38. The Labute approximate surface area is 81.7 Å². The van der Waals surface area contributed by atoms with E-state index in [0.717, 1.165) is 19.5 Å². The molecular weight excluding hydrogens is 182 g/mol. The summed E-state index contributed by atoms with van der Waals surface area (Å²) in [7, 11) is 1.69. The zero-order valence-electron chi connectivity index (χ0n) is 8.03. The first-order valence-corrected chi connectivity index (χ1v) is 4.63. The highest BCUT2D eigenvalue weighted by Crippen LogP contribution is 1.99. The predicted molar refractivity (Wildman–Crippen MR) is 49.7 cm³/mol. The molecule has 0 spiro atoms. The van der Waals surface area contributed by atoms with Gasteiger partial charge in [-0.05, 0) is 13.0 Å². The largest absolute Gasteiger partial charge is 0.347 e. The van der Waals surface area contributed by atoms with Crippen LogP contribution < -0.4 is 10.6 Å². The van der Waals surface area contributed by atoms with Crippen LogP contribution in [-0.4, -0.2) is 40.0 Å². The van der Waals surface area contributed by atoms with Crippen molar-refractivity contribution in [2.45, 2.75) is 12.5 Å². The molecule has 1 aliphatic rings. The molecule has 0 saturated carbocycles. The molecule has 0 radical (unpaired) electrons. The van der Waals surface area contributed by atoms with Crippen molar-refractivity contribution in [3.05, 3.63) is 11.9 Å². The Morgan fingerprint density at radius 1 is 1.79 bits per heavy atom. The summed E-state index contributed by atoms with van der Waals surface area (Å²) in [6.07, 6.45) is 2.45. The fraction of sp³-hybridized carbons (Fsp3) is 0.625. The normalized spacial score (nSPS) is 21.1. The van der Waals surface area contributed by atoms with Gasteiger partial charge in [0.15, 0.2) is 5.69 Å². The van der Waals surface area contributed by atoms with Crippen LogP contribution in [0.3, 0.4) is 0 Å². The number of carbonyl (C=O) groups excluding carboxylic acids is 1. The van der Waals surface area contributed by atoms with Crippen LogP contribution in [0.4, 0.5) is 0 Å². The highest BCUT2D eigenvalue weighted by atomic mass is 16.2. The van der Waals surface area contributed by atoms with Gasteiger partial charge in [-0.2, -0.15) is 9.90 Å². The minimum atomic E-state index is -0.146. The Morgan fingerprint density at radius 2 is 2.64 bits per heavy atom. The maximum absolute atomic E-state index is 11.6. The lowest BCUT2D eigenvalue weighted by atomic mass is 10.2. The molecule has 14 heavy (non-hydrogen) atoms. The summed E-state index contributed by atoms with van der Waals surface area (Å²) in [6, 6.07) is 0.226. The van der Waals surface area contributed by atoms with E-state index in [2.05, 4.69) is 20.8 Å². The Balaban J connectivity index is 1.95. The van der Waals surface area contributed by atoms with Gasteiger partial charge in [0.05, 0.1) is 6.20 Å². The second kappa shape index (κ2) is 3.75. The molecule has 1 aromatic heterocycles. The van der Waals surface area contributed by atoms with Gasteiger partial charge < -0.3 is 10.6 Å². The standard InChI is InChI=1S/C8H13N5O/c1-13-10-5-7(12-13)8(14)11-6-2-3-9-4-6/h5-6,9H,2-4H2,1H3,(H,11,14)/t6-/m0/s1. The van der Waals surface area contributed by atoms with Crippen molar-refractivity contribution in [2.24, 2.45) is 7.05 Å². The van der Waals surface area contributed by atoms with Crippen molar-refractivity contribution in [1.29, 1.82) is 0 Å². The third-order valence-electron chi connectivity index (χ3n) is 2.23. The van der Waals surface area contributed by atoms with Crippen molar-refractivity contribution >= 4 is 5.91 Å². The van der Waals surface area contributed by atoms with Crippen molar-refractivity contribution in [1.82, 2.24) is 25.6 Å². The van der Waals surface area contributed by atoms with Crippen LogP contribution >= 0.6 is 0 Å². The predicted octanol–water partition coefficient (Wildman–Crippen LogP) is -1.09. The number of hydrogen-bond donors (Lipinski definition) is 2. The van der Waals surface area contributed by atoms with Crippen LogP contribution in [-0.2, 0) is 7.05 Å². The molecule has 1 amide bonds. The molecule has 6 nitrogen and oxygen atoms in total. The van der Waals surface area contributed by atoms with Crippen LogP contribution in [0.1, 0.15) is 16.9 Å². The average molecular weight is 195 g/mol. The smallest absolute Gasteiger partial charge is 0.273 e. The molecule has 6 heteroatoms. The lowest BCUT2D eigenvalue weighted by Gasteiger charge is -2.08. The van der Waals surface area contributed by atoms with Crippen LogP contribution in [0.25, 0.3) is 0 Å². The number of amides is 1. The molecule has 1 fully saturated rings. The number of nitrogens with one attached hydrogen (secondary N) is 2. The monoisotopic (exact) mass is 195 g/mol. The molecule has 1 saturated heterocycles. The fourth-order valence-corrected chi connectivity index (χ4v) is 1.49. The van der Waals surface area contributed by atoms with Gasteiger partial charge in [0.25, 0.3) is 5.91 Å². The maximum Gasteiger partial charge on any atom is 0.273 e. The van der Waals surface area contributed by atoms with E-state index in [1.165, 1.54) is 11.0 Å². The van der Waals surface area contributed by atoms with Gasteiger partial charge in [-0.3, -0.25) is 4.79 Å². The molecule has 1 aromatic rings. The molecule has 2 heterocycles. The molecule has 76 valence electrons. The Bertz CT molecular complexity index is 328. The van der Waals surface area contributed by atoms with Gasteiger partial charge in [-0.25, -0.2) is 0 Å². The Kier molecular flexibility index (Phi) is 2.45. The van der Waals surface area contributed by atoms with E-state index >= 15 is 0 Å². The lowest BCUT2D eigenvalue weighted by molar-refractivity contribution is 0.0934. The number of hydrogen-bond acceptors (Lipinski definition) is 4. The average Bonchev–Trinajstić information content (AvgIpc) is 2.75. The minimum Gasteiger partial charge on any atom is -0.347 e. The van der Waals surface area contributed by atoms with Crippen molar-refractivity contribution in [2.75, 3.05) is 13.1 Å². The molecule has 2 N–H and O–H groups in total. The van der Waals surface area contributed by atoms with Crippen molar-refractivity contribution < 1.29 is 4.79 Å². The number of aromatic nitrogens is 3. The SMILES string of the molecule is Cn1ncc(C(=O)N[C@H]2CCNC2)n1. The molecule has 0 aliphatic carbocycles. The van der Waals surface area contributed by atoms with Gasteiger partial charge in [-0.15, -0.1) is 5.10 Å². The molecule has 0 bridgehead atoms. The topological polar surface area (TPSA) is 71.8 Å². The van der Waals surface area contributed by atoms with E-state index in [1.807, 2.05) is 0 Å². The number of aryl methyl sites for hydroxylation is 1. The molecule has 0 unspecified atom stereocenters.